The Kier molecular flexibility index (Phi) is 4.70. The molecule has 0 spiro atoms. The Morgan fingerprint density at radius 2 is 1.96 bits per heavy atom. The van der Waals surface area contributed by atoms with Crippen molar-refractivity contribution in [3.63, 3.8) is 0 Å². The molecule has 1 heterocycles. The van der Waals surface area contributed by atoms with Gasteiger partial charge in [-0.15, -0.1) is 0 Å². The molecule has 2 aromatic carbocycles. The van der Waals surface area contributed by atoms with Gasteiger partial charge in [0.2, 0.25) is 5.91 Å². The Labute approximate surface area is 146 Å². The molecule has 0 fully saturated rings. The van der Waals surface area contributed by atoms with Gasteiger partial charge in [0.1, 0.15) is 12.4 Å². The summed E-state index contributed by atoms with van der Waals surface area (Å²) in [6.07, 6.45) is 1.22. The van der Waals surface area contributed by atoms with Crippen LogP contribution in [0.3, 0.4) is 0 Å². The molecule has 9 heteroatoms. The lowest BCUT2D eigenvalue weighted by molar-refractivity contribution is -0.384. The van der Waals surface area contributed by atoms with Gasteiger partial charge in [-0.05, 0) is 23.8 Å². The van der Waals surface area contributed by atoms with Crippen LogP contribution in [0.1, 0.15) is 5.56 Å². The number of hydrogen-bond acceptors (Lipinski definition) is 5. The second-order valence-electron chi connectivity index (χ2n) is 5.54. The van der Waals surface area contributed by atoms with Crippen LogP contribution in [0.15, 0.2) is 53.6 Å². The van der Waals surface area contributed by atoms with Crippen molar-refractivity contribution in [3.8, 4) is 0 Å². The number of non-ortho nitro benzene ring substituents is 1. The summed E-state index contributed by atoms with van der Waals surface area (Å²) in [4.78, 5) is 38.7. The molecule has 8 nitrogen and oxygen atoms in total. The van der Waals surface area contributed by atoms with E-state index in [0.717, 1.165) is 10.6 Å². The molecular formula is C17H13FN4O4. The monoisotopic (exact) mass is 356 g/mol. The fraction of sp³-hybridized carbons (Fsp3) is 0.118. The number of fused-ring (bicyclic) bond motifs is 1. The third kappa shape index (κ3) is 3.72. The zero-order valence-electron chi connectivity index (χ0n) is 13.4. The summed E-state index contributed by atoms with van der Waals surface area (Å²) in [5.41, 5.74) is 0.244. The number of carbonyl (C=O) groups is 1. The zero-order chi connectivity index (χ0) is 18.7. The molecule has 0 atom stereocenters. The van der Waals surface area contributed by atoms with Crippen molar-refractivity contribution in [1.29, 1.82) is 0 Å². The van der Waals surface area contributed by atoms with E-state index in [-0.39, 0.29) is 30.0 Å². The summed E-state index contributed by atoms with van der Waals surface area (Å²) in [6.45, 7) is -0.105. The quantitative estimate of drug-likeness (QED) is 0.554. The fourth-order valence-electron chi connectivity index (χ4n) is 2.39. The first-order valence-corrected chi connectivity index (χ1v) is 7.59. The van der Waals surface area contributed by atoms with Gasteiger partial charge >= 0.3 is 0 Å². The van der Waals surface area contributed by atoms with Crippen molar-refractivity contribution < 1.29 is 14.1 Å². The van der Waals surface area contributed by atoms with Crippen molar-refractivity contribution in [1.82, 2.24) is 14.9 Å². The Hall–Kier alpha value is -3.62. The predicted octanol–water partition coefficient (Wildman–Crippen LogP) is 1.76. The molecule has 0 unspecified atom stereocenters. The summed E-state index contributed by atoms with van der Waals surface area (Å²) >= 11 is 0. The maximum Gasteiger partial charge on any atom is 0.270 e. The number of rotatable bonds is 5. The van der Waals surface area contributed by atoms with E-state index < -0.39 is 16.4 Å². The molecule has 26 heavy (non-hydrogen) atoms. The third-order valence-electron chi connectivity index (χ3n) is 3.74. The minimum absolute atomic E-state index is 0.0630. The van der Waals surface area contributed by atoms with E-state index in [2.05, 4.69) is 10.3 Å². The standard InChI is InChI=1S/C17H13FN4O4/c18-12-3-1-11(2-4-12)8-19-16(23)9-21-10-20-15-6-5-13(22(25)26)7-14(15)17(21)24/h1-7,10H,8-9H2,(H,19,23). The van der Waals surface area contributed by atoms with Crippen molar-refractivity contribution in [2.75, 3.05) is 0 Å². The lowest BCUT2D eigenvalue weighted by Gasteiger charge is -2.08. The Morgan fingerprint density at radius 3 is 2.65 bits per heavy atom. The molecular weight excluding hydrogens is 343 g/mol. The van der Waals surface area contributed by atoms with E-state index in [1.165, 1.54) is 30.6 Å². The maximum absolute atomic E-state index is 12.8. The largest absolute Gasteiger partial charge is 0.350 e. The number of aromatic nitrogens is 2. The van der Waals surface area contributed by atoms with E-state index in [1.807, 2.05) is 0 Å². The molecule has 0 saturated heterocycles. The molecule has 0 radical (unpaired) electrons. The van der Waals surface area contributed by atoms with Crippen molar-refractivity contribution >= 4 is 22.5 Å². The van der Waals surface area contributed by atoms with Crippen molar-refractivity contribution in [2.24, 2.45) is 0 Å². The van der Waals surface area contributed by atoms with Crippen LogP contribution in [-0.4, -0.2) is 20.4 Å². The van der Waals surface area contributed by atoms with Crippen LogP contribution in [0, 0.1) is 15.9 Å². The molecule has 3 aromatic rings. The molecule has 132 valence electrons. The number of hydrogen-bond donors (Lipinski definition) is 1. The molecule has 1 aromatic heterocycles. The highest BCUT2D eigenvalue weighted by Gasteiger charge is 2.12. The number of amides is 1. The first kappa shape index (κ1) is 17.2. The molecule has 1 amide bonds. The topological polar surface area (TPSA) is 107 Å². The van der Waals surface area contributed by atoms with Crippen LogP contribution in [-0.2, 0) is 17.9 Å². The molecule has 0 aliphatic heterocycles. The van der Waals surface area contributed by atoms with Gasteiger partial charge < -0.3 is 5.32 Å². The molecule has 1 N–H and O–H groups in total. The minimum Gasteiger partial charge on any atom is -0.350 e. The van der Waals surface area contributed by atoms with E-state index >= 15 is 0 Å². The number of benzene rings is 2. The van der Waals surface area contributed by atoms with Crippen molar-refractivity contribution in [3.05, 3.63) is 80.6 Å². The average molecular weight is 356 g/mol. The van der Waals surface area contributed by atoms with Crippen LogP contribution in [0.5, 0.6) is 0 Å². The van der Waals surface area contributed by atoms with Gasteiger partial charge in [-0.2, -0.15) is 0 Å². The van der Waals surface area contributed by atoms with E-state index in [0.29, 0.717) is 11.1 Å². The van der Waals surface area contributed by atoms with E-state index in [4.69, 9.17) is 0 Å². The molecule has 0 aliphatic carbocycles. The Balaban J connectivity index is 1.76. The van der Waals surface area contributed by atoms with Crippen LogP contribution in [0.4, 0.5) is 10.1 Å². The normalized spacial score (nSPS) is 10.7. The predicted molar refractivity (Wildman–Crippen MR) is 90.9 cm³/mol. The van der Waals surface area contributed by atoms with Gasteiger partial charge in [-0.25, -0.2) is 9.37 Å². The first-order chi connectivity index (χ1) is 12.4. The lowest BCUT2D eigenvalue weighted by Crippen LogP contribution is -2.32. The van der Waals surface area contributed by atoms with Crippen LogP contribution in [0.25, 0.3) is 10.9 Å². The Bertz CT molecular complexity index is 1050. The SMILES string of the molecule is O=C(Cn1cnc2ccc([N+](=O)[O-])cc2c1=O)NCc1ccc(F)cc1. The number of nitrogens with zero attached hydrogens (tertiary/aromatic N) is 3. The maximum atomic E-state index is 12.8. The average Bonchev–Trinajstić information content (AvgIpc) is 2.63. The third-order valence-corrected chi connectivity index (χ3v) is 3.74. The number of halogens is 1. The zero-order valence-corrected chi connectivity index (χ0v) is 13.4. The van der Waals surface area contributed by atoms with Gasteiger partial charge in [-0.3, -0.25) is 24.3 Å². The summed E-state index contributed by atoms with van der Waals surface area (Å²) < 4.78 is 13.9. The van der Waals surface area contributed by atoms with Gasteiger partial charge in [0.15, 0.2) is 0 Å². The van der Waals surface area contributed by atoms with Crippen LogP contribution >= 0.6 is 0 Å². The minimum atomic E-state index is -0.606. The van der Waals surface area contributed by atoms with E-state index in [1.54, 1.807) is 12.1 Å². The van der Waals surface area contributed by atoms with E-state index in [9.17, 15) is 24.1 Å². The second kappa shape index (κ2) is 7.09. The number of nitro groups is 1. The highest BCUT2D eigenvalue weighted by atomic mass is 19.1. The smallest absolute Gasteiger partial charge is 0.270 e. The highest BCUT2D eigenvalue weighted by molar-refractivity contribution is 5.80. The summed E-state index contributed by atoms with van der Waals surface area (Å²) in [5.74, 6) is -0.814. The lowest BCUT2D eigenvalue weighted by atomic mass is 10.2. The molecule has 0 saturated carbocycles. The highest BCUT2D eigenvalue weighted by Crippen LogP contribution is 2.16. The van der Waals surface area contributed by atoms with Gasteiger partial charge in [-0.1, -0.05) is 12.1 Å². The van der Waals surface area contributed by atoms with Gasteiger partial charge in [0.25, 0.3) is 11.2 Å². The molecule has 0 aliphatic rings. The van der Waals surface area contributed by atoms with Gasteiger partial charge in [0, 0.05) is 18.7 Å². The Morgan fingerprint density at radius 1 is 1.23 bits per heavy atom. The molecule has 0 bridgehead atoms. The fourth-order valence-corrected chi connectivity index (χ4v) is 2.39. The number of nitrogens with one attached hydrogen (secondary N) is 1. The molecule has 3 rings (SSSR count). The first-order valence-electron chi connectivity index (χ1n) is 7.59. The number of nitro benzene ring substituents is 1. The van der Waals surface area contributed by atoms with Crippen LogP contribution < -0.4 is 10.9 Å². The van der Waals surface area contributed by atoms with Crippen LogP contribution in [0.2, 0.25) is 0 Å². The number of carbonyl (C=O) groups excluding carboxylic acids is 1. The van der Waals surface area contributed by atoms with Gasteiger partial charge in [0.05, 0.1) is 22.2 Å². The second-order valence-corrected chi connectivity index (χ2v) is 5.54. The van der Waals surface area contributed by atoms with Crippen molar-refractivity contribution in [2.45, 2.75) is 13.1 Å². The summed E-state index contributed by atoms with van der Waals surface area (Å²) in [7, 11) is 0. The summed E-state index contributed by atoms with van der Waals surface area (Å²) in [6, 6.07) is 9.43. The summed E-state index contributed by atoms with van der Waals surface area (Å²) in [5, 5.41) is 13.5.